The number of anilines is 1. The highest BCUT2D eigenvalue weighted by Crippen LogP contribution is 2.22. The quantitative estimate of drug-likeness (QED) is 0.363. The van der Waals surface area contributed by atoms with E-state index in [9.17, 15) is 18.8 Å². The van der Waals surface area contributed by atoms with Crippen molar-refractivity contribution in [1.29, 1.82) is 0 Å². The molecular weight excluding hydrogens is 471 g/mol. The van der Waals surface area contributed by atoms with Crippen LogP contribution in [0.25, 0.3) is 16.7 Å². The number of benzene rings is 2. The number of carbonyl (C=O) groups excluding carboxylic acids is 2. The van der Waals surface area contributed by atoms with E-state index in [0.29, 0.717) is 27.3 Å². The number of rotatable bonds is 8. The Morgan fingerprint density at radius 1 is 1.11 bits per heavy atom. The summed E-state index contributed by atoms with van der Waals surface area (Å²) in [7, 11) is 0. The molecular formula is C24H25FN6O3S. The second-order valence-electron chi connectivity index (χ2n) is 8.36. The molecule has 2 aromatic heterocycles. The van der Waals surface area contributed by atoms with Gasteiger partial charge in [-0.3, -0.25) is 23.4 Å². The molecule has 4 aromatic rings. The average molecular weight is 497 g/mol. The molecule has 2 heterocycles. The van der Waals surface area contributed by atoms with Gasteiger partial charge in [0.2, 0.25) is 17.6 Å². The Labute approximate surface area is 204 Å². The molecule has 182 valence electrons. The number of hydrogen-bond donors (Lipinski definition) is 2. The fraction of sp³-hybridized carbons (Fsp3) is 0.292. The van der Waals surface area contributed by atoms with Crippen LogP contribution in [0.3, 0.4) is 0 Å². The molecule has 0 aliphatic carbocycles. The van der Waals surface area contributed by atoms with Crippen molar-refractivity contribution in [2.45, 2.75) is 44.9 Å². The first-order valence-electron chi connectivity index (χ1n) is 11.1. The van der Waals surface area contributed by atoms with Crippen molar-refractivity contribution in [3.05, 3.63) is 64.2 Å². The Kier molecular flexibility index (Phi) is 7.15. The van der Waals surface area contributed by atoms with Crippen LogP contribution in [-0.4, -0.2) is 42.8 Å². The van der Waals surface area contributed by atoms with Crippen molar-refractivity contribution in [3.8, 4) is 0 Å². The number of aryl methyl sites for hydroxylation is 2. The van der Waals surface area contributed by atoms with Crippen molar-refractivity contribution in [2.24, 2.45) is 0 Å². The van der Waals surface area contributed by atoms with E-state index in [1.54, 1.807) is 47.7 Å². The Morgan fingerprint density at radius 3 is 2.63 bits per heavy atom. The first-order chi connectivity index (χ1) is 16.7. The zero-order valence-corrected chi connectivity index (χ0v) is 20.4. The molecule has 2 N–H and O–H groups in total. The van der Waals surface area contributed by atoms with Gasteiger partial charge in [0.15, 0.2) is 5.16 Å². The topological polar surface area (TPSA) is 110 Å². The van der Waals surface area contributed by atoms with E-state index in [4.69, 9.17) is 0 Å². The minimum atomic E-state index is -0.398. The van der Waals surface area contributed by atoms with Crippen molar-refractivity contribution < 1.29 is 14.0 Å². The van der Waals surface area contributed by atoms with Crippen LogP contribution in [-0.2, 0) is 16.1 Å². The summed E-state index contributed by atoms with van der Waals surface area (Å²) in [6, 6.07) is 11.5. The van der Waals surface area contributed by atoms with Crippen molar-refractivity contribution in [3.63, 3.8) is 0 Å². The third-order valence-corrected chi connectivity index (χ3v) is 6.21. The second-order valence-corrected chi connectivity index (χ2v) is 9.31. The minimum absolute atomic E-state index is 0.000532. The number of amides is 2. The van der Waals surface area contributed by atoms with Crippen molar-refractivity contribution in [1.82, 2.24) is 24.5 Å². The standard InChI is InChI=1S/C24H25FN6O3S/c1-14(2)26-20(32)10-11-30-22(34)17-6-4-5-7-19(17)31-23(30)28-29-24(31)35-13-21(33)27-16-9-8-15(3)18(25)12-16/h4-9,12,14H,10-11,13H2,1-3H3,(H,26,32)(H,27,33). The highest BCUT2D eigenvalue weighted by Gasteiger charge is 2.18. The Morgan fingerprint density at radius 2 is 1.89 bits per heavy atom. The first kappa shape index (κ1) is 24.4. The summed E-state index contributed by atoms with van der Waals surface area (Å²) < 4.78 is 16.9. The largest absolute Gasteiger partial charge is 0.354 e. The molecule has 0 saturated carbocycles. The number of aromatic nitrogens is 4. The SMILES string of the molecule is Cc1ccc(NC(=O)CSc2nnc3n(CCC(=O)NC(C)C)c(=O)c4ccccc4n23)cc1F. The number of thioether (sulfide) groups is 1. The maximum atomic E-state index is 13.8. The summed E-state index contributed by atoms with van der Waals surface area (Å²) >= 11 is 1.14. The van der Waals surface area contributed by atoms with Gasteiger partial charge < -0.3 is 10.6 Å². The normalized spacial score (nSPS) is 11.3. The van der Waals surface area contributed by atoms with Crippen molar-refractivity contribution >= 4 is 45.9 Å². The van der Waals surface area contributed by atoms with Gasteiger partial charge >= 0.3 is 0 Å². The summed E-state index contributed by atoms with van der Waals surface area (Å²) in [4.78, 5) is 37.8. The molecule has 0 aliphatic rings. The predicted octanol–water partition coefficient (Wildman–Crippen LogP) is 3.14. The molecule has 0 fully saturated rings. The predicted molar refractivity (Wildman–Crippen MR) is 133 cm³/mol. The lowest BCUT2D eigenvalue weighted by Crippen LogP contribution is -2.32. The molecule has 2 aromatic carbocycles. The summed E-state index contributed by atoms with van der Waals surface area (Å²) in [6.45, 7) is 5.51. The number of halogens is 1. The van der Waals surface area contributed by atoms with Gasteiger partial charge in [-0.15, -0.1) is 10.2 Å². The lowest BCUT2D eigenvalue weighted by molar-refractivity contribution is -0.121. The van der Waals surface area contributed by atoms with Crippen LogP contribution in [0, 0.1) is 12.7 Å². The molecule has 0 bridgehead atoms. The smallest absolute Gasteiger partial charge is 0.262 e. The van der Waals surface area contributed by atoms with Crippen LogP contribution in [0.2, 0.25) is 0 Å². The summed E-state index contributed by atoms with van der Waals surface area (Å²) in [5.41, 5.74) is 1.19. The summed E-state index contributed by atoms with van der Waals surface area (Å²) in [5.74, 6) is -0.616. The molecule has 0 saturated heterocycles. The van der Waals surface area contributed by atoms with Crippen LogP contribution in [0.5, 0.6) is 0 Å². The van der Waals surface area contributed by atoms with Crippen LogP contribution >= 0.6 is 11.8 Å². The highest BCUT2D eigenvalue weighted by atomic mass is 32.2. The van der Waals surface area contributed by atoms with Gasteiger partial charge in [0.05, 0.1) is 16.7 Å². The summed E-state index contributed by atoms with van der Waals surface area (Å²) in [5, 5.41) is 14.7. The van der Waals surface area contributed by atoms with Crippen LogP contribution < -0.4 is 16.2 Å². The van der Waals surface area contributed by atoms with E-state index in [2.05, 4.69) is 20.8 Å². The lowest BCUT2D eigenvalue weighted by atomic mass is 10.2. The fourth-order valence-electron chi connectivity index (χ4n) is 3.63. The molecule has 2 amide bonds. The number of hydrogen-bond acceptors (Lipinski definition) is 6. The molecule has 9 nitrogen and oxygen atoms in total. The molecule has 0 atom stereocenters. The van der Waals surface area contributed by atoms with Gasteiger partial charge in [-0.25, -0.2) is 4.39 Å². The van der Waals surface area contributed by atoms with Gasteiger partial charge in [0, 0.05) is 24.7 Å². The van der Waals surface area contributed by atoms with Gasteiger partial charge in [-0.2, -0.15) is 0 Å². The van der Waals surface area contributed by atoms with Crippen LogP contribution in [0.1, 0.15) is 25.8 Å². The number of nitrogens with zero attached hydrogens (tertiary/aromatic N) is 4. The van der Waals surface area contributed by atoms with Gasteiger partial charge in [0.25, 0.3) is 5.56 Å². The third-order valence-electron chi connectivity index (χ3n) is 5.28. The number of para-hydroxylation sites is 1. The minimum Gasteiger partial charge on any atom is -0.354 e. The van der Waals surface area contributed by atoms with E-state index in [1.807, 2.05) is 13.8 Å². The average Bonchev–Trinajstić information content (AvgIpc) is 3.23. The highest BCUT2D eigenvalue weighted by molar-refractivity contribution is 7.99. The Hall–Kier alpha value is -3.73. The molecule has 0 aliphatic heterocycles. The zero-order valence-electron chi connectivity index (χ0n) is 19.5. The molecule has 0 spiro atoms. The maximum Gasteiger partial charge on any atom is 0.262 e. The summed E-state index contributed by atoms with van der Waals surface area (Å²) in [6.07, 6.45) is 0.108. The molecule has 35 heavy (non-hydrogen) atoms. The van der Waals surface area contributed by atoms with Crippen LogP contribution in [0.4, 0.5) is 10.1 Å². The third kappa shape index (κ3) is 5.35. The number of nitrogens with one attached hydrogen (secondary N) is 2. The Balaban J connectivity index is 1.61. The van der Waals surface area contributed by atoms with E-state index < -0.39 is 5.82 Å². The Bertz CT molecular complexity index is 1480. The maximum absolute atomic E-state index is 13.8. The van der Waals surface area contributed by atoms with E-state index >= 15 is 0 Å². The fourth-order valence-corrected chi connectivity index (χ4v) is 4.37. The first-order valence-corrected chi connectivity index (χ1v) is 12.1. The number of fused-ring (bicyclic) bond motifs is 3. The molecule has 0 unspecified atom stereocenters. The zero-order chi connectivity index (χ0) is 25.1. The van der Waals surface area contributed by atoms with Gasteiger partial charge in [0.1, 0.15) is 5.82 Å². The van der Waals surface area contributed by atoms with E-state index in [1.165, 1.54) is 10.6 Å². The monoisotopic (exact) mass is 496 g/mol. The number of carbonyl (C=O) groups is 2. The lowest BCUT2D eigenvalue weighted by Gasteiger charge is -2.12. The van der Waals surface area contributed by atoms with Gasteiger partial charge in [-0.1, -0.05) is 30.0 Å². The van der Waals surface area contributed by atoms with Crippen molar-refractivity contribution in [2.75, 3.05) is 11.1 Å². The van der Waals surface area contributed by atoms with E-state index in [-0.39, 0.29) is 47.9 Å². The molecule has 11 heteroatoms. The van der Waals surface area contributed by atoms with Gasteiger partial charge in [-0.05, 0) is 50.6 Å². The second kappa shape index (κ2) is 10.3. The molecule has 0 radical (unpaired) electrons. The molecule has 4 rings (SSSR count). The van der Waals surface area contributed by atoms with E-state index in [0.717, 1.165) is 11.8 Å². The van der Waals surface area contributed by atoms with Crippen LogP contribution in [0.15, 0.2) is 52.4 Å².